The van der Waals surface area contributed by atoms with E-state index in [1.54, 1.807) is 0 Å². The van der Waals surface area contributed by atoms with Crippen LogP contribution in [0.3, 0.4) is 0 Å². The van der Waals surface area contributed by atoms with Crippen molar-refractivity contribution in [3.8, 4) is 0 Å². The summed E-state index contributed by atoms with van der Waals surface area (Å²) in [6.07, 6.45) is 2.68. The van der Waals surface area contributed by atoms with Crippen molar-refractivity contribution < 1.29 is 14.0 Å². The SMILES string of the molecule is O=C(CCc1c[nH]c2ccccc12)NNC(=O)c1ccc(F)cc1. The maximum absolute atomic E-state index is 12.8. The summed E-state index contributed by atoms with van der Waals surface area (Å²) in [5, 5.41) is 1.08. The van der Waals surface area contributed by atoms with Gasteiger partial charge in [-0.15, -0.1) is 0 Å². The third-order valence-corrected chi connectivity index (χ3v) is 3.72. The molecule has 0 aliphatic heterocycles. The van der Waals surface area contributed by atoms with Gasteiger partial charge < -0.3 is 4.98 Å². The van der Waals surface area contributed by atoms with Crippen molar-refractivity contribution in [3.63, 3.8) is 0 Å². The molecule has 2 amide bonds. The smallest absolute Gasteiger partial charge is 0.269 e. The Labute approximate surface area is 137 Å². The van der Waals surface area contributed by atoms with Gasteiger partial charge in [-0.1, -0.05) is 18.2 Å². The summed E-state index contributed by atoms with van der Waals surface area (Å²) < 4.78 is 12.8. The highest BCUT2D eigenvalue weighted by molar-refractivity contribution is 5.95. The zero-order chi connectivity index (χ0) is 16.9. The van der Waals surface area contributed by atoms with Gasteiger partial charge in [-0.05, 0) is 42.3 Å². The van der Waals surface area contributed by atoms with Crippen LogP contribution in [0.5, 0.6) is 0 Å². The molecule has 3 N–H and O–H groups in total. The predicted octanol–water partition coefficient (Wildman–Crippen LogP) is 2.70. The van der Waals surface area contributed by atoms with Crippen molar-refractivity contribution in [2.24, 2.45) is 0 Å². The molecule has 1 heterocycles. The first kappa shape index (κ1) is 15.7. The molecule has 3 rings (SSSR count). The van der Waals surface area contributed by atoms with Crippen LogP contribution in [0.15, 0.2) is 54.7 Å². The number of carbonyl (C=O) groups excluding carboxylic acids is 2. The van der Waals surface area contributed by atoms with Crippen LogP contribution >= 0.6 is 0 Å². The molecule has 0 bridgehead atoms. The van der Waals surface area contributed by atoms with Gasteiger partial charge in [0.2, 0.25) is 5.91 Å². The van der Waals surface area contributed by atoms with Gasteiger partial charge in [0.15, 0.2) is 0 Å². The number of carbonyl (C=O) groups is 2. The molecule has 24 heavy (non-hydrogen) atoms. The number of halogens is 1. The van der Waals surface area contributed by atoms with Gasteiger partial charge in [0.05, 0.1) is 0 Å². The van der Waals surface area contributed by atoms with E-state index in [9.17, 15) is 14.0 Å². The van der Waals surface area contributed by atoms with E-state index in [-0.39, 0.29) is 17.9 Å². The topological polar surface area (TPSA) is 74.0 Å². The van der Waals surface area contributed by atoms with Gasteiger partial charge in [-0.2, -0.15) is 0 Å². The Morgan fingerprint density at radius 2 is 1.75 bits per heavy atom. The van der Waals surface area contributed by atoms with Crippen LogP contribution < -0.4 is 10.9 Å². The maximum atomic E-state index is 12.8. The fourth-order valence-corrected chi connectivity index (χ4v) is 2.45. The molecule has 1 aromatic heterocycles. The Hall–Kier alpha value is -3.15. The third-order valence-electron chi connectivity index (χ3n) is 3.72. The van der Waals surface area contributed by atoms with Crippen LogP contribution in [0.1, 0.15) is 22.3 Å². The lowest BCUT2D eigenvalue weighted by molar-refractivity contribution is -0.121. The van der Waals surface area contributed by atoms with E-state index in [4.69, 9.17) is 0 Å². The molecule has 0 aliphatic carbocycles. The average molecular weight is 325 g/mol. The van der Waals surface area contributed by atoms with Gasteiger partial charge in [-0.25, -0.2) is 4.39 Å². The molecule has 0 aliphatic rings. The van der Waals surface area contributed by atoms with Crippen molar-refractivity contribution in [3.05, 3.63) is 71.7 Å². The number of rotatable bonds is 4. The first-order valence-electron chi connectivity index (χ1n) is 7.53. The van der Waals surface area contributed by atoms with Crippen LogP contribution in [0, 0.1) is 5.82 Å². The minimum atomic E-state index is -0.490. The summed E-state index contributed by atoms with van der Waals surface area (Å²) in [4.78, 5) is 26.8. The number of nitrogens with one attached hydrogen (secondary N) is 3. The summed E-state index contributed by atoms with van der Waals surface area (Å²) in [7, 11) is 0. The molecule has 0 spiro atoms. The number of aromatic amines is 1. The molecule has 0 unspecified atom stereocenters. The van der Waals surface area contributed by atoms with Crippen LogP contribution in [0.4, 0.5) is 4.39 Å². The Morgan fingerprint density at radius 3 is 2.54 bits per heavy atom. The molecule has 6 heteroatoms. The van der Waals surface area contributed by atoms with E-state index in [0.29, 0.717) is 6.42 Å². The number of hydrogen-bond acceptors (Lipinski definition) is 2. The average Bonchev–Trinajstić information content (AvgIpc) is 3.01. The molecule has 0 atom stereocenters. The van der Waals surface area contributed by atoms with Crippen molar-refractivity contribution in [1.29, 1.82) is 0 Å². The van der Waals surface area contributed by atoms with E-state index < -0.39 is 11.7 Å². The number of fused-ring (bicyclic) bond motifs is 1. The molecule has 122 valence electrons. The molecular weight excluding hydrogens is 309 g/mol. The molecule has 2 aromatic carbocycles. The second kappa shape index (κ2) is 6.95. The Balaban J connectivity index is 1.51. The highest BCUT2D eigenvalue weighted by Gasteiger charge is 2.09. The Bertz CT molecular complexity index is 871. The number of hydrogen-bond donors (Lipinski definition) is 3. The van der Waals surface area contributed by atoms with E-state index >= 15 is 0 Å². The van der Waals surface area contributed by atoms with Gasteiger partial charge >= 0.3 is 0 Å². The van der Waals surface area contributed by atoms with Gasteiger partial charge in [0.1, 0.15) is 5.82 Å². The van der Waals surface area contributed by atoms with Crippen LogP contribution in [-0.4, -0.2) is 16.8 Å². The summed E-state index contributed by atoms with van der Waals surface area (Å²) in [5.41, 5.74) is 7.02. The first-order chi connectivity index (χ1) is 11.6. The minimum Gasteiger partial charge on any atom is -0.361 e. The van der Waals surface area contributed by atoms with Crippen molar-refractivity contribution in [2.45, 2.75) is 12.8 Å². The summed E-state index contributed by atoms with van der Waals surface area (Å²) in [5.74, 6) is -1.21. The first-order valence-corrected chi connectivity index (χ1v) is 7.53. The quantitative estimate of drug-likeness (QED) is 0.645. The molecule has 5 nitrogen and oxygen atoms in total. The van der Waals surface area contributed by atoms with Crippen molar-refractivity contribution >= 4 is 22.7 Å². The zero-order valence-electron chi connectivity index (χ0n) is 12.8. The van der Waals surface area contributed by atoms with E-state index in [1.165, 1.54) is 24.3 Å². The lowest BCUT2D eigenvalue weighted by Gasteiger charge is -2.07. The maximum Gasteiger partial charge on any atom is 0.269 e. The normalized spacial score (nSPS) is 10.5. The van der Waals surface area contributed by atoms with Gasteiger partial charge in [0.25, 0.3) is 5.91 Å². The summed E-state index contributed by atoms with van der Waals surface area (Å²) in [6, 6.07) is 12.9. The van der Waals surface area contributed by atoms with Gasteiger partial charge in [-0.3, -0.25) is 20.4 Å². The number of para-hydroxylation sites is 1. The number of hydrazine groups is 1. The second-order valence-corrected chi connectivity index (χ2v) is 5.37. The number of H-pyrrole nitrogens is 1. The van der Waals surface area contributed by atoms with E-state index in [0.717, 1.165) is 16.5 Å². The molecule has 0 radical (unpaired) electrons. The third kappa shape index (κ3) is 3.60. The van der Waals surface area contributed by atoms with Crippen molar-refractivity contribution in [1.82, 2.24) is 15.8 Å². The number of benzene rings is 2. The Morgan fingerprint density at radius 1 is 1.00 bits per heavy atom. The zero-order valence-corrected chi connectivity index (χ0v) is 12.8. The molecule has 0 fully saturated rings. The molecule has 0 saturated heterocycles. The highest BCUT2D eigenvalue weighted by Crippen LogP contribution is 2.18. The minimum absolute atomic E-state index is 0.242. The lowest BCUT2D eigenvalue weighted by Crippen LogP contribution is -2.41. The highest BCUT2D eigenvalue weighted by atomic mass is 19.1. The van der Waals surface area contributed by atoms with E-state index in [2.05, 4.69) is 15.8 Å². The fraction of sp³-hybridized carbons (Fsp3) is 0.111. The Kier molecular flexibility index (Phi) is 4.56. The van der Waals surface area contributed by atoms with Gasteiger partial charge in [0, 0.05) is 29.1 Å². The lowest BCUT2D eigenvalue weighted by atomic mass is 10.1. The largest absolute Gasteiger partial charge is 0.361 e. The molecular formula is C18H16FN3O2. The van der Waals surface area contributed by atoms with E-state index in [1.807, 2.05) is 30.5 Å². The second-order valence-electron chi connectivity index (χ2n) is 5.37. The van der Waals surface area contributed by atoms with Crippen LogP contribution in [0.25, 0.3) is 10.9 Å². The molecule has 0 saturated carbocycles. The number of aryl methyl sites for hydroxylation is 1. The standard InChI is InChI=1S/C18H16FN3O2/c19-14-8-5-12(6-9-14)18(24)22-21-17(23)10-7-13-11-20-16-4-2-1-3-15(13)16/h1-6,8-9,11,20H,7,10H2,(H,21,23)(H,22,24). The van der Waals surface area contributed by atoms with Crippen LogP contribution in [0.2, 0.25) is 0 Å². The number of amides is 2. The summed E-state index contributed by atoms with van der Waals surface area (Å²) in [6.45, 7) is 0. The summed E-state index contributed by atoms with van der Waals surface area (Å²) >= 11 is 0. The monoisotopic (exact) mass is 325 g/mol. The predicted molar refractivity (Wildman–Crippen MR) is 88.6 cm³/mol. The van der Waals surface area contributed by atoms with Crippen molar-refractivity contribution in [2.75, 3.05) is 0 Å². The fourth-order valence-electron chi connectivity index (χ4n) is 2.45. The van der Waals surface area contributed by atoms with Crippen LogP contribution in [-0.2, 0) is 11.2 Å². The number of aromatic nitrogens is 1. The molecule has 3 aromatic rings.